The molecular formula is C9H8FN2O2+. The van der Waals surface area contributed by atoms with E-state index in [2.05, 4.69) is 9.79 Å². The van der Waals surface area contributed by atoms with Crippen molar-refractivity contribution < 1.29 is 13.6 Å². The fourth-order valence-corrected chi connectivity index (χ4v) is 1.19. The van der Waals surface area contributed by atoms with Gasteiger partial charge in [0.25, 0.3) is 0 Å². The lowest BCUT2D eigenvalue weighted by Crippen LogP contribution is -2.38. The van der Waals surface area contributed by atoms with E-state index in [0.29, 0.717) is 5.69 Å². The van der Waals surface area contributed by atoms with E-state index in [0.717, 1.165) is 0 Å². The largest absolute Gasteiger partial charge is 0.433 e. The zero-order valence-electron chi connectivity index (χ0n) is 7.24. The van der Waals surface area contributed by atoms with Gasteiger partial charge in [-0.3, -0.25) is 4.52 Å². The van der Waals surface area contributed by atoms with Crippen LogP contribution in [0.1, 0.15) is 5.69 Å². The quantitative estimate of drug-likeness (QED) is 0.717. The van der Waals surface area contributed by atoms with Gasteiger partial charge in [0.05, 0.1) is 0 Å². The summed E-state index contributed by atoms with van der Waals surface area (Å²) in [6.45, 7) is -0.860. The van der Waals surface area contributed by atoms with Gasteiger partial charge in [-0.2, -0.15) is 0 Å². The number of benzene rings is 1. The second-order valence-corrected chi connectivity index (χ2v) is 2.73. The molecule has 14 heavy (non-hydrogen) atoms. The Morgan fingerprint density at radius 2 is 2.07 bits per heavy atom. The van der Waals surface area contributed by atoms with Crippen LogP contribution in [0.4, 0.5) is 4.39 Å². The standard InChI is InChI=1S/C9H7FN2O2/c10-6-8-9(13)14-11-12(8)7-4-2-1-3-5-7/h1-5H,6H2/p+1. The molecule has 0 radical (unpaired) electrons. The highest BCUT2D eigenvalue weighted by Crippen LogP contribution is 1.98. The minimum atomic E-state index is -0.860. The number of hydrogen-bond acceptors (Lipinski definition) is 2. The highest BCUT2D eigenvalue weighted by molar-refractivity contribution is 5.21. The van der Waals surface area contributed by atoms with Gasteiger partial charge >= 0.3 is 11.3 Å². The maximum atomic E-state index is 12.5. The van der Waals surface area contributed by atoms with Gasteiger partial charge < -0.3 is 0 Å². The van der Waals surface area contributed by atoms with E-state index in [9.17, 15) is 9.18 Å². The van der Waals surface area contributed by atoms with Crippen LogP contribution in [0, 0.1) is 0 Å². The minimum absolute atomic E-state index is 0.0452. The Morgan fingerprint density at radius 1 is 1.36 bits per heavy atom. The Bertz CT molecular complexity index is 475. The Labute approximate surface area is 78.5 Å². The molecule has 0 aliphatic rings. The minimum Gasteiger partial charge on any atom is -0.283 e. The summed E-state index contributed by atoms with van der Waals surface area (Å²) >= 11 is 0. The monoisotopic (exact) mass is 195 g/mol. The number of H-pyrrole nitrogens is 1. The summed E-state index contributed by atoms with van der Waals surface area (Å²) in [7, 11) is 0. The van der Waals surface area contributed by atoms with E-state index in [4.69, 9.17) is 0 Å². The number of aromatic nitrogens is 2. The van der Waals surface area contributed by atoms with Crippen molar-refractivity contribution in [1.29, 1.82) is 0 Å². The molecule has 1 heterocycles. The molecule has 0 saturated heterocycles. The Kier molecular flexibility index (Phi) is 2.14. The second-order valence-electron chi connectivity index (χ2n) is 2.73. The lowest BCUT2D eigenvalue weighted by atomic mass is 10.3. The highest BCUT2D eigenvalue weighted by atomic mass is 19.1. The number of para-hydroxylation sites is 1. The molecule has 0 aliphatic heterocycles. The predicted octanol–water partition coefficient (Wildman–Crippen LogP) is 0.714. The number of halogens is 1. The lowest BCUT2D eigenvalue weighted by Gasteiger charge is -1.88. The van der Waals surface area contributed by atoms with Crippen molar-refractivity contribution in [2.75, 3.05) is 0 Å². The molecule has 1 aromatic heterocycles. The van der Waals surface area contributed by atoms with E-state index in [1.165, 1.54) is 4.68 Å². The molecule has 0 fully saturated rings. The molecule has 0 aliphatic carbocycles. The normalized spacial score (nSPS) is 10.4. The van der Waals surface area contributed by atoms with Crippen LogP contribution < -0.4 is 10.3 Å². The number of nitrogens with one attached hydrogen (secondary N) is 1. The van der Waals surface area contributed by atoms with E-state index < -0.39 is 12.3 Å². The molecule has 0 spiro atoms. The smallest absolute Gasteiger partial charge is 0.283 e. The van der Waals surface area contributed by atoms with Crippen LogP contribution in [0.5, 0.6) is 0 Å². The number of rotatable bonds is 2. The third kappa shape index (κ3) is 1.32. The van der Waals surface area contributed by atoms with Crippen molar-refractivity contribution in [3.8, 4) is 5.69 Å². The van der Waals surface area contributed by atoms with Gasteiger partial charge in [0.15, 0.2) is 6.67 Å². The van der Waals surface area contributed by atoms with E-state index >= 15 is 0 Å². The van der Waals surface area contributed by atoms with Gasteiger partial charge in [-0.25, -0.2) is 9.18 Å². The van der Waals surface area contributed by atoms with Crippen LogP contribution in [0.25, 0.3) is 5.69 Å². The molecule has 2 aromatic rings. The van der Waals surface area contributed by atoms with Crippen LogP contribution in [-0.4, -0.2) is 5.27 Å². The van der Waals surface area contributed by atoms with Gasteiger partial charge in [-0.1, -0.05) is 18.2 Å². The third-order valence-corrected chi connectivity index (χ3v) is 1.88. The van der Waals surface area contributed by atoms with E-state index in [1.54, 1.807) is 24.3 Å². The van der Waals surface area contributed by atoms with E-state index in [-0.39, 0.29) is 5.69 Å². The first kappa shape index (κ1) is 8.68. The molecule has 2 rings (SSSR count). The Hall–Kier alpha value is -1.91. The van der Waals surface area contributed by atoms with Crippen molar-refractivity contribution in [1.82, 2.24) is 5.27 Å². The molecule has 1 N–H and O–H groups in total. The van der Waals surface area contributed by atoms with Crippen LogP contribution in [0.2, 0.25) is 0 Å². The van der Waals surface area contributed by atoms with Crippen LogP contribution in [-0.2, 0) is 6.67 Å². The summed E-state index contributed by atoms with van der Waals surface area (Å²) in [6.07, 6.45) is 0. The molecule has 0 bridgehead atoms. The summed E-state index contributed by atoms with van der Waals surface area (Å²) in [5, 5.41) is 2.33. The van der Waals surface area contributed by atoms with Crippen molar-refractivity contribution >= 4 is 0 Å². The van der Waals surface area contributed by atoms with Crippen LogP contribution >= 0.6 is 0 Å². The summed E-state index contributed by atoms with van der Waals surface area (Å²) in [6, 6.07) is 8.89. The predicted molar refractivity (Wildman–Crippen MR) is 45.7 cm³/mol. The first-order valence-corrected chi connectivity index (χ1v) is 4.06. The van der Waals surface area contributed by atoms with Gasteiger partial charge in [0.1, 0.15) is 0 Å². The first-order chi connectivity index (χ1) is 6.83. The molecule has 5 heteroatoms. The average molecular weight is 195 g/mol. The maximum absolute atomic E-state index is 12.5. The van der Waals surface area contributed by atoms with Crippen LogP contribution in [0.15, 0.2) is 39.6 Å². The lowest BCUT2D eigenvalue weighted by molar-refractivity contribution is -0.678. The average Bonchev–Trinajstić information content (AvgIpc) is 2.61. The summed E-state index contributed by atoms with van der Waals surface area (Å²) < 4.78 is 18.2. The maximum Gasteiger partial charge on any atom is 0.433 e. The molecule has 4 nitrogen and oxygen atoms in total. The molecular weight excluding hydrogens is 187 g/mol. The molecule has 1 aromatic carbocycles. The molecule has 72 valence electrons. The summed E-state index contributed by atoms with van der Waals surface area (Å²) in [4.78, 5) is 11.0. The van der Waals surface area contributed by atoms with Gasteiger partial charge in [-0.15, -0.1) is 0 Å². The van der Waals surface area contributed by atoms with Gasteiger partial charge in [0, 0.05) is 12.1 Å². The second kappa shape index (κ2) is 3.45. The topological polar surface area (TPSA) is 49.9 Å². The third-order valence-electron chi connectivity index (χ3n) is 1.88. The Morgan fingerprint density at radius 3 is 2.71 bits per heavy atom. The van der Waals surface area contributed by atoms with Crippen molar-refractivity contribution in [2.24, 2.45) is 0 Å². The van der Waals surface area contributed by atoms with Gasteiger partial charge in [0.2, 0.25) is 5.69 Å². The molecule has 0 unspecified atom stereocenters. The zero-order chi connectivity index (χ0) is 9.97. The van der Waals surface area contributed by atoms with Crippen molar-refractivity contribution in [3.63, 3.8) is 0 Å². The molecule has 0 amide bonds. The SMILES string of the molecule is O=c1o[nH][n+](-c2ccccc2)c1CF. The van der Waals surface area contributed by atoms with E-state index in [1.807, 2.05) is 6.07 Å². The van der Waals surface area contributed by atoms with Crippen LogP contribution in [0.3, 0.4) is 0 Å². The fraction of sp³-hybridized carbons (Fsp3) is 0.111. The molecule has 0 saturated carbocycles. The highest BCUT2D eigenvalue weighted by Gasteiger charge is 2.22. The van der Waals surface area contributed by atoms with Crippen molar-refractivity contribution in [3.05, 3.63) is 46.4 Å². The summed E-state index contributed by atoms with van der Waals surface area (Å²) in [5.41, 5.74) is -0.0708. The fourth-order valence-electron chi connectivity index (χ4n) is 1.19. The Balaban J connectivity index is 2.57. The number of alkyl halides is 1. The van der Waals surface area contributed by atoms with Gasteiger partial charge in [-0.05, 0) is 9.95 Å². The van der Waals surface area contributed by atoms with Crippen molar-refractivity contribution in [2.45, 2.75) is 6.67 Å². The molecule has 0 atom stereocenters. The number of nitrogens with zero attached hydrogens (tertiary/aromatic N) is 1. The number of hydrogen-bond donors (Lipinski definition) is 1. The summed E-state index contributed by atoms with van der Waals surface area (Å²) in [5.74, 6) is 0. The number of aromatic amines is 1. The zero-order valence-corrected chi connectivity index (χ0v) is 7.24. The first-order valence-electron chi connectivity index (χ1n) is 4.06.